The number of nitrogens with one attached hydrogen (secondary N) is 1. The lowest BCUT2D eigenvalue weighted by Crippen LogP contribution is -2.47. The van der Waals surface area contributed by atoms with Crippen LogP contribution in [0.1, 0.15) is 37.3 Å². The van der Waals surface area contributed by atoms with E-state index < -0.39 is 15.8 Å². The molecule has 1 N–H and O–H groups in total. The summed E-state index contributed by atoms with van der Waals surface area (Å²) in [6, 6.07) is 18.6. The lowest BCUT2D eigenvalue weighted by molar-refractivity contribution is -0.256. The maximum Gasteiger partial charge on any atom is 0.292 e. The first-order chi connectivity index (χ1) is 16.4. The molecule has 1 amide bonds. The number of rotatable bonds is 7. The van der Waals surface area contributed by atoms with Crippen molar-refractivity contribution in [3.05, 3.63) is 71.8 Å². The first kappa shape index (κ1) is 23.0. The van der Waals surface area contributed by atoms with Gasteiger partial charge in [-0.3, -0.25) is 4.79 Å². The van der Waals surface area contributed by atoms with Gasteiger partial charge in [0.15, 0.2) is 0 Å². The Kier molecular flexibility index (Phi) is 6.16. The van der Waals surface area contributed by atoms with E-state index in [0.717, 1.165) is 29.2 Å². The number of fused-ring (bicyclic) bond motifs is 3. The monoisotopic (exact) mass is 480 g/mol. The van der Waals surface area contributed by atoms with E-state index >= 15 is 0 Å². The van der Waals surface area contributed by atoms with Gasteiger partial charge in [-0.15, -0.1) is 0 Å². The SMILES string of the molecule is CCCCN1C(=O)C2(OCCCO2)c2cc(S(=O)(=O)NCc3ccc4ccccc4c3)ccc21. The molecule has 1 saturated heterocycles. The molecular weight excluding hydrogens is 452 g/mol. The lowest BCUT2D eigenvalue weighted by atomic mass is 10.1. The second-order valence-electron chi connectivity index (χ2n) is 8.66. The largest absolute Gasteiger partial charge is 0.338 e. The second kappa shape index (κ2) is 9.11. The summed E-state index contributed by atoms with van der Waals surface area (Å²) in [4.78, 5) is 15.1. The number of nitrogens with zero attached hydrogens (tertiary/aromatic N) is 1. The van der Waals surface area contributed by atoms with Gasteiger partial charge in [0.1, 0.15) is 0 Å². The Morgan fingerprint density at radius 3 is 2.53 bits per heavy atom. The first-order valence-electron chi connectivity index (χ1n) is 11.7. The Balaban J connectivity index is 1.44. The minimum atomic E-state index is -3.83. The number of sulfonamides is 1. The summed E-state index contributed by atoms with van der Waals surface area (Å²) < 4.78 is 40.8. The maximum absolute atomic E-state index is 13.3. The van der Waals surface area contributed by atoms with E-state index in [0.29, 0.717) is 37.4 Å². The molecule has 8 heteroatoms. The van der Waals surface area contributed by atoms with Crippen molar-refractivity contribution in [3.8, 4) is 0 Å². The van der Waals surface area contributed by atoms with E-state index in [1.807, 2.05) is 42.5 Å². The highest BCUT2D eigenvalue weighted by Gasteiger charge is 2.55. The van der Waals surface area contributed by atoms with Gasteiger partial charge in [-0.2, -0.15) is 0 Å². The summed E-state index contributed by atoms with van der Waals surface area (Å²) in [5, 5.41) is 2.15. The van der Waals surface area contributed by atoms with Crippen molar-refractivity contribution in [3.63, 3.8) is 0 Å². The third-order valence-corrected chi connectivity index (χ3v) is 7.76. The topological polar surface area (TPSA) is 84.9 Å². The van der Waals surface area contributed by atoms with Gasteiger partial charge in [0.05, 0.1) is 23.8 Å². The molecule has 7 nitrogen and oxygen atoms in total. The van der Waals surface area contributed by atoms with E-state index in [1.54, 1.807) is 11.0 Å². The first-order valence-corrected chi connectivity index (χ1v) is 13.1. The highest BCUT2D eigenvalue weighted by Crippen LogP contribution is 2.46. The van der Waals surface area contributed by atoms with Crippen molar-refractivity contribution in [2.75, 3.05) is 24.7 Å². The van der Waals surface area contributed by atoms with Gasteiger partial charge in [0.25, 0.3) is 11.7 Å². The van der Waals surface area contributed by atoms with Gasteiger partial charge in [-0.25, -0.2) is 13.1 Å². The van der Waals surface area contributed by atoms with Gasteiger partial charge in [0.2, 0.25) is 10.0 Å². The van der Waals surface area contributed by atoms with E-state index in [2.05, 4.69) is 11.6 Å². The molecule has 3 aromatic rings. The van der Waals surface area contributed by atoms with Crippen molar-refractivity contribution >= 4 is 32.4 Å². The van der Waals surface area contributed by atoms with Crippen LogP contribution in [0.25, 0.3) is 10.8 Å². The zero-order valence-electron chi connectivity index (χ0n) is 19.1. The zero-order chi connectivity index (χ0) is 23.8. The maximum atomic E-state index is 13.3. The third-order valence-electron chi connectivity index (χ3n) is 6.37. The van der Waals surface area contributed by atoms with Crippen LogP contribution < -0.4 is 9.62 Å². The summed E-state index contributed by atoms with van der Waals surface area (Å²) in [5.41, 5.74) is 1.97. The summed E-state index contributed by atoms with van der Waals surface area (Å²) in [5.74, 6) is -1.85. The van der Waals surface area contributed by atoms with Crippen LogP contribution in [0.3, 0.4) is 0 Å². The average molecular weight is 481 g/mol. The molecule has 0 aliphatic carbocycles. The lowest BCUT2D eigenvalue weighted by Gasteiger charge is -2.32. The predicted molar refractivity (Wildman–Crippen MR) is 130 cm³/mol. The summed E-state index contributed by atoms with van der Waals surface area (Å²) in [7, 11) is -3.83. The molecule has 1 fully saturated rings. The highest BCUT2D eigenvalue weighted by atomic mass is 32.2. The van der Waals surface area contributed by atoms with Gasteiger partial charge in [-0.1, -0.05) is 49.7 Å². The molecule has 2 aliphatic rings. The van der Waals surface area contributed by atoms with Crippen LogP contribution in [0.15, 0.2) is 65.6 Å². The second-order valence-corrected chi connectivity index (χ2v) is 10.4. The number of amides is 1. The zero-order valence-corrected chi connectivity index (χ0v) is 19.9. The third kappa shape index (κ3) is 4.01. The van der Waals surface area contributed by atoms with Gasteiger partial charge < -0.3 is 14.4 Å². The van der Waals surface area contributed by atoms with E-state index in [-0.39, 0.29) is 17.3 Å². The molecule has 0 radical (unpaired) electrons. The molecule has 1 spiro atoms. The fourth-order valence-corrected chi connectivity index (χ4v) is 5.59. The van der Waals surface area contributed by atoms with E-state index in [1.165, 1.54) is 12.1 Å². The fourth-order valence-electron chi connectivity index (χ4n) is 4.54. The molecule has 3 aromatic carbocycles. The highest BCUT2D eigenvalue weighted by molar-refractivity contribution is 7.89. The Bertz CT molecular complexity index is 1330. The molecule has 178 valence electrons. The molecule has 0 bridgehead atoms. The van der Waals surface area contributed by atoms with Crippen LogP contribution >= 0.6 is 0 Å². The van der Waals surface area contributed by atoms with Crippen molar-refractivity contribution in [1.82, 2.24) is 4.72 Å². The molecule has 2 aliphatic heterocycles. The standard InChI is InChI=1S/C26H28N2O5S/c1-2-3-13-28-24-12-11-22(17-23(24)26(25(28)29)32-14-6-15-33-26)34(30,31)27-18-19-9-10-20-7-4-5-8-21(20)16-19/h4-5,7-12,16-17,27H,2-3,6,13-15,18H2,1H3. The molecule has 5 rings (SSSR count). The number of hydrogen-bond acceptors (Lipinski definition) is 5. The molecular formula is C26H28N2O5S. The number of carbonyl (C=O) groups excluding carboxylic acids is 1. The van der Waals surface area contributed by atoms with Crippen LogP contribution in [0.2, 0.25) is 0 Å². The van der Waals surface area contributed by atoms with Gasteiger partial charge in [0, 0.05) is 18.7 Å². The van der Waals surface area contributed by atoms with Crippen molar-refractivity contribution in [2.45, 2.75) is 43.4 Å². The van der Waals surface area contributed by atoms with E-state index in [4.69, 9.17) is 9.47 Å². The number of carbonyl (C=O) groups is 1. The molecule has 34 heavy (non-hydrogen) atoms. The molecule has 0 aromatic heterocycles. The smallest absolute Gasteiger partial charge is 0.292 e. The summed E-state index contributed by atoms with van der Waals surface area (Å²) >= 11 is 0. The molecule has 0 atom stereocenters. The number of unbranched alkanes of at least 4 members (excludes halogenated alkanes) is 1. The summed E-state index contributed by atoms with van der Waals surface area (Å²) in [6.45, 7) is 3.50. The quantitative estimate of drug-likeness (QED) is 0.551. The summed E-state index contributed by atoms with van der Waals surface area (Å²) in [6.07, 6.45) is 2.44. The molecule has 0 saturated carbocycles. The normalized spacial score (nSPS) is 17.4. The van der Waals surface area contributed by atoms with Crippen LogP contribution in [0.4, 0.5) is 5.69 Å². The van der Waals surface area contributed by atoms with Crippen molar-refractivity contribution < 1.29 is 22.7 Å². The minimum absolute atomic E-state index is 0.0781. The average Bonchev–Trinajstić information content (AvgIpc) is 3.08. The predicted octanol–water partition coefficient (Wildman–Crippen LogP) is 4.05. The number of benzene rings is 3. The van der Waals surface area contributed by atoms with Gasteiger partial charge in [-0.05, 0) is 53.4 Å². The van der Waals surface area contributed by atoms with Crippen molar-refractivity contribution in [1.29, 1.82) is 0 Å². The van der Waals surface area contributed by atoms with Gasteiger partial charge >= 0.3 is 0 Å². The van der Waals surface area contributed by atoms with Crippen LogP contribution in [0, 0.1) is 0 Å². The molecule has 2 heterocycles. The Hall–Kier alpha value is -2.78. The fraction of sp³-hybridized carbons (Fsp3) is 0.346. The van der Waals surface area contributed by atoms with Crippen molar-refractivity contribution in [2.24, 2.45) is 0 Å². The number of anilines is 1. The Morgan fingerprint density at radius 2 is 1.76 bits per heavy atom. The van der Waals surface area contributed by atoms with Crippen LogP contribution in [-0.2, 0) is 36.6 Å². The Morgan fingerprint density at radius 1 is 1.00 bits per heavy atom. The number of hydrogen-bond donors (Lipinski definition) is 1. The van der Waals surface area contributed by atoms with Crippen LogP contribution in [-0.4, -0.2) is 34.1 Å². The number of ether oxygens (including phenoxy) is 2. The minimum Gasteiger partial charge on any atom is -0.338 e. The van der Waals surface area contributed by atoms with Crippen LogP contribution in [0.5, 0.6) is 0 Å². The molecule has 0 unspecified atom stereocenters. The van der Waals surface area contributed by atoms with E-state index in [9.17, 15) is 13.2 Å². The Labute approximate surface area is 199 Å².